The van der Waals surface area contributed by atoms with E-state index in [1.54, 1.807) is 6.20 Å². The molecule has 11 rings (SSSR count). The molecular weight excluding hydrogens is 1120 g/mol. The van der Waals surface area contributed by atoms with Crippen LogP contribution in [0.3, 0.4) is 0 Å². The third-order valence-corrected chi connectivity index (χ3v) is 14.1. The first-order chi connectivity index (χ1) is 36.7. The van der Waals surface area contributed by atoms with Gasteiger partial charge in [-0.05, 0) is 145 Å². The van der Waals surface area contributed by atoms with Gasteiger partial charge in [-0.15, -0.1) is 11.4 Å². The maximum Gasteiger partial charge on any atom is 2.00 e. The van der Waals surface area contributed by atoms with E-state index in [1.165, 1.54) is 0 Å². The number of nitrogens with zero attached hydrogens (tertiary/aromatic N) is 8. The zero-order valence-electron chi connectivity index (χ0n) is 43.9. The number of amides is 1. The summed E-state index contributed by atoms with van der Waals surface area (Å²) in [7, 11) is 6.08. The molecule has 0 radical (unpaired) electrons. The monoisotopic (exact) mass is 1170 g/mol. The smallest absolute Gasteiger partial charge is 1.00 e. The summed E-state index contributed by atoms with van der Waals surface area (Å²) in [6, 6.07) is 28.7. The average Bonchev–Trinajstić information content (AvgIpc) is 4.39. The van der Waals surface area contributed by atoms with Gasteiger partial charge in [-0.1, -0.05) is 35.9 Å². The van der Waals surface area contributed by atoms with Crippen molar-refractivity contribution in [1.82, 2.24) is 20.2 Å². The van der Waals surface area contributed by atoms with Crippen LogP contribution in [0.5, 0.6) is 5.75 Å². The minimum atomic E-state index is 0. The molecule has 2 aromatic carbocycles. The molecule has 0 atom stereocenters. The number of carbonyl (C=O) groups excluding carboxylic acids is 1. The van der Waals surface area contributed by atoms with E-state index < -0.39 is 0 Å². The quantitative estimate of drug-likeness (QED) is 0.0915. The molecule has 0 fully saturated rings. The van der Waals surface area contributed by atoms with E-state index in [1.807, 2.05) is 71.6 Å². The molecule has 0 spiro atoms. The molecule has 79 heavy (non-hydrogen) atoms. The first kappa shape index (κ1) is 59.5. The Morgan fingerprint density at radius 3 is 1.92 bits per heavy atom. The predicted molar refractivity (Wildman–Crippen MR) is 300 cm³/mol. The summed E-state index contributed by atoms with van der Waals surface area (Å²) in [5.74, 6) is 0.834. The van der Waals surface area contributed by atoms with Crippen LogP contribution in [-0.2, 0) is 35.4 Å². The number of allylic oxidation sites excluding steroid dienone is 10. The molecule has 0 aliphatic carbocycles. The van der Waals surface area contributed by atoms with Crippen molar-refractivity contribution >= 4 is 68.0 Å². The first-order valence-electron chi connectivity index (χ1n) is 25.7. The van der Waals surface area contributed by atoms with E-state index in [2.05, 4.69) is 138 Å². The number of anilines is 1. The molecule has 0 saturated carbocycles. The minimum absolute atomic E-state index is 0. The third kappa shape index (κ3) is 13.7. The number of rotatable bonds is 15. The van der Waals surface area contributed by atoms with Gasteiger partial charge in [0.05, 0.1) is 46.3 Å². The summed E-state index contributed by atoms with van der Waals surface area (Å²) in [6.07, 6.45) is 32.2. The van der Waals surface area contributed by atoms with Gasteiger partial charge < -0.3 is 62.5 Å². The van der Waals surface area contributed by atoms with Gasteiger partial charge in [0.1, 0.15) is 19.8 Å². The second-order valence-corrected chi connectivity index (χ2v) is 19.7. The number of aryl methyl sites for hydroxylation is 2. The standard InChI is InChI=1S/C62H57ClN10O2.3ClH.Ni/c1-71-33-24-42(25-34-71)60-51-17-15-49(67-51)59(41-9-12-46(13-10-41)75-39-7-4-8-58(74)66-31-6-5-30-64-48-23-32-65-57-40-45(63)11-14-47(48)57)50-16-18-52(68-50)61(43-26-35-72(2)36-27-43)54-20-22-56(70-54)62(55-21-19-53(60)69-55)44-28-37-73(3)38-29-44;;;;/h9-15,17,19-29,32-38,40H,4-8,16,18,30-31,39H2,1-3H3,(H-2,64,65,66,67,69,70,74);3*1H;/q;;;;+2/p-2. The molecule has 0 unspecified atom stereocenters. The van der Waals surface area contributed by atoms with Gasteiger partial charge in [0.2, 0.25) is 5.91 Å². The SMILES string of the molecule is CN1C=CC(=C2C3=NC(=C(c4cc[n+](C)cc4)c4ccc([n-]4)C(c4cc[n+](C)cc4)=C4C=CC(=N4)C(c4ccc(OCCCCC(=O)NCCCCNc5ccnc6cc(Cl)ccc56)cc4)=C4CCC2=N4)C=C3)C=C1.[Cl-].[Cl-].[Cl-].[Ni+2]. The fraction of sp³-hybridized carbons (Fsp3) is 0.210. The maximum absolute atomic E-state index is 12.7. The zero-order valence-corrected chi connectivity index (χ0v) is 47.9. The number of fused-ring (bicyclic) bond motifs is 6. The summed E-state index contributed by atoms with van der Waals surface area (Å²) in [5, 5.41) is 8.29. The summed E-state index contributed by atoms with van der Waals surface area (Å²) in [4.78, 5) is 41.0. The Balaban J connectivity index is 0.00000226. The number of halogens is 4. The van der Waals surface area contributed by atoms with Crippen LogP contribution in [0.15, 0.2) is 208 Å². The van der Waals surface area contributed by atoms with Crippen molar-refractivity contribution in [3.05, 3.63) is 226 Å². The molecule has 2 N–H and O–H groups in total. The van der Waals surface area contributed by atoms with Crippen molar-refractivity contribution in [3.63, 3.8) is 0 Å². The largest absolute Gasteiger partial charge is 2.00 e. The topological polar surface area (TPSA) is 125 Å². The minimum Gasteiger partial charge on any atom is -1.00 e. The van der Waals surface area contributed by atoms with Crippen LogP contribution in [0, 0.1) is 0 Å². The van der Waals surface area contributed by atoms with Crippen molar-refractivity contribution in [2.75, 3.05) is 32.1 Å². The van der Waals surface area contributed by atoms with Crippen LogP contribution < -0.4 is 66.7 Å². The van der Waals surface area contributed by atoms with Gasteiger partial charge in [0.15, 0.2) is 24.8 Å². The number of ether oxygens (including phenoxy) is 1. The maximum atomic E-state index is 12.7. The van der Waals surface area contributed by atoms with Crippen molar-refractivity contribution < 1.29 is 72.4 Å². The van der Waals surface area contributed by atoms with Gasteiger partial charge >= 0.3 is 16.5 Å². The molecule has 12 nitrogen and oxygen atoms in total. The van der Waals surface area contributed by atoms with Gasteiger partial charge in [-0.25, -0.2) is 19.1 Å². The van der Waals surface area contributed by atoms with Gasteiger partial charge in [0.25, 0.3) is 0 Å². The number of aromatic nitrogens is 4. The average molecular weight is 1180 g/mol. The number of pyridine rings is 3. The van der Waals surface area contributed by atoms with Crippen LogP contribution in [0.25, 0.3) is 27.6 Å². The Bertz CT molecular complexity index is 3570. The molecule has 5 aliphatic rings. The second kappa shape index (κ2) is 27.2. The van der Waals surface area contributed by atoms with Crippen LogP contribution in [0.1, 0.15) is 73.0 Å². The molecule has 4 aromatic heterocycles. The van der Waals surface area contributed by atoms with E-state index in [9.17, 15) is 4.79 Å². The molecular formula is C62H58Cl4N10NiO2. The number of hydrogen-bond acceptors (Lipinski definition) is 8. The fourth-order valence-electron chi connectivity index (χ4n) is 9.94. The van der Waals surface area contributed by atoms with Crippen molar-refractivity contribution in [3.8, 4) is 5.75 Å². The Morgan fingerprint density at radius 1 is 0.671 bits per heavy atom. The number of carbonyl (C=O) groups is 1. The van der Waals surface area contributed by atoms with Crippen LogP contribution in [-0.4, -0.2) is 59.7 Å². The molecule has 9 heterocycles. The summed E-state index contributed by atoms with van der Waals surface area (Å²) in [5.41, 5.74) is 16.8. The molecule has 1 amide bonds. The van der Waals surface area contributed by atoms with E-state index >= 15 is 0 Å². The number of nitrogens with one attached hydrogen (secondary N) is 2. The van der Waals surface area contributed by atoms with Crippen LogP contribution >= 0.6 is 11.6 Å². The van der Waals surface area contributed by atoms with Crippen LogP contribution in [0.2, 0.25) is 5.02 Å². The molecule has 17 heteroatoms. The van der Waals surface area contributed by atoms with E-state index in [4.69, 9.17) is 36.3 Å². The van der Waals surface area contributed by atoms with Crippen LogP contribution in [0.4, 0.5) is 5.69 Å². The van der Waals surface area contributed by atoms with E-state index in [-0.39, 0.29) is 59.6 Å². The van der Waals surface area contributed by atoms with Gasteiger partial charge in [-0.3, -0.25) is 14.8 Å². The summed E-state index contributed by atoms with van der Waals surface area (Å²) < 4.78 is 10.3. The van der Waals surface area contributed by atoms with Crippen molar-refractivity contribution in [2.45, 2.75) is 44.9 Å². The molecule has 406 valence electrons. The number of benzene rings is 2. The summed E-state index contributed by atoms with van der Waals surface area (Å²) >= 11 is 6.15. The third-order valence-electron chi connectivity index (χ3n) is 13.9. The molecule has 0 saturated heterocycles. The van der Waals surface area contributed by atoms with Gasteiger partial charge in [-0.2, -0.15) is 0 Å². The van der Waals surface area contributed by atoms with E-state index in [0.29, 0.717) is 24.6 Å². The normalized spacial score (nSPS) is 15.1. The Hall–Kier alpha value is -7.12. The number of unbranched alkanes of at least 4 members (excludes halogenated alkanes) is 2. The fourth-order valence-corrected chi connectivity index (χ4v) is 10.1. The second-order valence-electron chi connectivity index (χ2n) is 19.2. The molecule has 5 aliphatic heterocycles. The predicted octanol–water partition coefficient (Wildman–Crippen LogP) is 1.53. The zero-order chi connectivity index (χ0) is 51.3. The van der Waals surface area contributed by atoms with E-state index in [0.717, 1.165) is 158 Å². The number of aliphatic imine (C=N–C) groups is 3. The Kier molecular flexibility index (Phi) is 20.5. The molecule has 8 bridgehead atoms. The van der Waals surface area contributed by atoms with Crippen molar-refractivity contribution in [2.24, 2.45) is 29.1 Å². The van der Waals surface area contributed by atoms with Gasteiger partial charge in [0, 0.05) is 96.7 Å². The summed E-state index contributed by atoms with van der Waals surface area (Å²) in [6.45, 7) is 1.95. The number of hydrogen-bond donors (Lipinski definition) is 2. The Morgan fingerprint density at radius 2 is 1.28 bits per heavy atom. The first-order valence-corrected chi connectivity index (χ1v) is 26.1. The Labute approximate surface area is 495 Å². The van der Waals surface area contributed by atoms with Crippen molar-refractivity contribution in [1.29, 1.82) is 0 Å². The molecule has 6 aromatic rings.